The third kappa shape index (κ3) is 18.5. The van der Waals surface area contributed by atoms with Gasteiger partial charge in [-0.05, 0) is 37.0 Å². The first-order chi connectivity index (χ1) is 25.9. The number of halogens is 1. The number of ether oxygens (including phenoxy) is 6. The average molecular weight is 793 g/mol. The van der Waals surface area contributed by atoms with E-state index in [1.807, 2.05) is 0 Å². The van der Waals surface area contributed by atoms with Crippen molar-refractivity contribution in [2.75, 3.05) is 79.1 Å². The van der Waals surface area contributed by atoms with Crippen LogP contribution in [-0.2, 0) is 54.0 Å². The molecule has 1 fully saturated rings. The number of carboxylic acids is 1. The standard InChI is InChI=1S/C35H57ClN4O14/c1-24(41)40-31-27(42)22-35(34(47)48,54-33(31)32(46)28(43)23-39-30(45)21-25-5-7-26(36)8-6-25)53-12-4-2-3-11-38-29(44)9-13-49-15-17-51-19-20-52-18-16-50-14-10-37/h5-8,27-28,31-33,42-43,46H,2-4,9-23,37H2,1H3,(H,38,44)(H,39,45)(H,40,41)(H,47,48)/t27-,28+,31+,32+,33+,35+/m0/s1. The molecule has 2 rings (SSSR count). The van der Waals surface area contributed by atoms with Gasteiger partial charge in [-0.1, -0.05) is 23.7 Å². The molecule has 54 heavy (non-hydrogen) atoms. The van der Waals surface area contributed by atoms with Crippen LogP contribution in [0.1, 0.15) is 44.6 Å². The molecule has 6 atom stereocenters. The highest BCUT2D eigenvalue weighted by Gasteiger charge is 2.55. The van der Waals surface area contributed by atoms with Crippen molar-refractivity contribution in [3.05, 3.63) is 34.9 Å². The number of aliphatic hydroxyl groups is 3. The first-order valence-corrected chi connectivity index (χ1v) is 18.4. The second kappa shape index (κ2) is 26.7. The van der Waals surface area contributed by atoms with E-state index in [-0.39, 0.29) is 32.0 Å². The van der Waals surface area contributed by atoms with Crippen LogP contribution in [0.15, 0.2) is 24.3 Å². The number of benzene rings is 1. The van der Waals surface area contributed by atoms with Crippen LogP contribution < -0.4 is 21.7 Å². The largest absolute Gasteiger partial charge is 0.477 e. The smallest absolute Gasteiger partial charge is 0.364 e. The Morgan fingerprint density at radius 1 is 0.889 bits per heavy atom. The van der Waals surface area contributed by atoms with Crippen LogP contribution in [0.4, 0.5) is 0 Å². The second-order valence-electron chi connectivity index (χ2n) is 12.6. The molecule has 1 aromatic rings. The van der Waals surface area contributed by atoms with Gasteiger partial charge < -0.3 is 70.5 Å². The van der Waals surface area contributed by atoms with Crippen LogP contribution in [0.3, 0.4) is 0 Å². The number of aliphatic hydroxyl groups excluding tert-OH is 3. The lowest BCUT2D eigenvalue weighted by atomic mass is 9.88. The van der Waals surface area contributed by atoms with E-state index >= 15 is 0 Å². The molecule has 0 spiro atoms. The number of nitrogens with two attached hydrogens (primary N) is 1. The molecule has 308 valence electrons. The fourth-order valence-electron chi connectivity index (χ4n) is 5.33. The summed E-state index contributed by atoms with van der Waals surface area (Å²) in [6.07, 6.45) is -5.70. The molecule has 19 heteroatoms. The third-order valence-corrected chi connectivity index (χ3v) is 8.37. The Balaban J connectivity index is 1.72. The topological polar surface area (TPSA) is 267 Å². The van der Waals surface area contributed by atoms with Crippen LogP contribution >= 0.6 is 11.6 Å². The molecule has 1 aliphatic heterocycles. The summed E-state index contributed by atoms with van der Waals surface area (Å²) in [4.78, 5) is 48.9. The number of hydrogen-bond donors (Lipinski definition) is 8. The van der Waals surface area contributed by atoms with Gasteiger partial charge in [-0.2, -0.15) is 0 Å². The summed E-state index contributed by atoms with van der Waals surface area (Å²) in [5.74, 6) is -5.25. The SMILES string of the molecule is CC(=O)N[C@H]1[C@H]([C@H](O)[C@H](O)CNC(=O)Cc2ccc(Cl)cc2)O[C@@](OCCCCCNC(=O)CCOCCOCCOCCOCCN)(C(=O)O)C[C@@H]1O. The van der Waals surface area contributed by atoms with Crippen molar-refractivity contribution in [2.45, 2.75) is 81.7 Å². The van der Waals surface area contributed by atoms with Crippen LogP contribution in [-0.4, -0.2) is 159 Å². The molecule has 3 amide bonds. The summed E-state index contributed by atoms with van der Waals surface area (Å²) in [5, 5.41) is 51.0. The first kappa shape index (κ1) is 47.1. The zero-order valence-corrected chi connectivity index (χ0v) is 31.5. The number of nitrogens with one attached hydrogen (secondary N) is 3. The molecule has 9 N–H and O–H groups in total. The number of carboxylic acid groups (broad SMARTS) is 1. The highest BCUT2D eigenvalue weighted by atomic mass is 35.5. The van der Waals surface area contributed by atoms with Gasteiger partial charge >= 0.3 is 5.97 Å². The van der Waals surface area contributed by atoms with Gasteiger partial charge in [-0.25, -0.2) is 4.79 Å². The van der Waals surface area contributed by atoms with E-state index in [0.717, 1.165) is 6.92 Å². The van der Waals surface area contributed by atoms with Gasteiger partial charge in [-0.3, -0.25) is 14.4 Å². The number of aliphatic carboxylic acids is 1. The summed E-state index contributed by atoms with van der Waals surface area (Å²) in [6, 6.07) is 5.26. The van der Waals surface area contributed by atoms with Gasteiger partial charge in [0.15, 0.2) is 0 Å². The summed E-state index contributed by atoms with van der Waals surface area (Å²) in [6.45, 7) is 4.69. The van der Waals surface area contributed by atoms with Crippen molar-refractivity contribution in [2.24, 2.45) is 5.73 Å². The number of amides is 3. The number of carbonyl (C=O) groups is 4. The van der Waals surface area contributed by atoms with Gasteiger partial charge in [0.2, 0.25) is 17.7 Å². The molecular formula is C35H57ClN4O14. The zero-order valence-electron chi connectivity index (χ0n) is 30.8. The third-order valence-electron chi connectivity index (χ3n) is 8.12. The predicted octanol–water partition coefficient (Wildman–Crippen LogP) is -1.13. The Morgan fingerprint density at radius 3 is 2.09 bits per heavy atom. The maximum absolute atomic E-state index is 12.4. The summed E-state index contributed by atoms with van der Waals surface area (Å²) in [7, 11) is 0. The second-order valence-corrected chi connectivity index (χ2v) is 13.0. The highest BCUT2D eigenvalue weighted by molar-refractivity contribution is 6.30. The van der Waals surface area contributed by atoms with E-state index in [4.69, 9.17) is 45.8 Å². The summed E-state index contributed by atoms with van der Waals surface area (Å²) >= 11 is 5.87. The lowest BCUT2D eigenvalue weighted by Crippen LogP contribution is -2.68. The molecule has 1 saturated heterocycles. The van der Waals surface area contributed by atoms with Gasteiger partial charge in [0, 0.05) is 44.4 Å². The van der Waals surface area contributed by atoms with Crippen LogP contribution in [0.2, 0.25) is 5.02 Å². The van der Waals surface area contributed by atoms with Crippen LogP contribution in [0.25, 0.3) is 0 Å². The maximum Gasteiger partial charge on any atom is 0.364 e. The van der Waals surface area contributed by atoms with Crippen LogP contribution in [0.5, 0.6) is 0 Å². The Morgan fingerprint density at radius 2 is 1.50 bits per heavy atom. The van der Waals surface area contributed by atoms with E-state index in [1.165, 1.54) is 0 Å². The molecule has 0 unspecified atom stereocenters. The highest BCUT2D eigenvalue weighted by Crippen LogP contribution is 2.33. The zero-order chi connectivity index (χ0) is 39.8. The Hall–Kier alpha value is -3.01. The minimum Gasteiger partial charge on any atom is -0.477 e. The number of unbranched alkanes of at least 4 members (excludes halogenated alkanes) is 2. The summed E-state index contributed by atoms with van der Waals surface area (Å²) in [5.41, 5.74) is 5.98. The van der Waals surface area contributed by atoms with Crippen molar-refractivity contribution in [1.29, 1.82) is 0 Å². The Bertz CT molecular complexity index is 1250. The molecular weight excluding hydrogens is 736 g/mol. The molecule has 0 saturated carbocycles. The Labute approximate surface area is 320 Å². The average Bonchev–Trinajstić information content (AvgIpc) is 3.13. The van der Waals surface area contributed by atoms with E-state index < -0.39 is 67.0 Å². The van der Waals surface area contributed by atoms with Crippen LogP contribution in [0, 0.1) is 0 Å². The number of rotatable bonds is 29. The molecule has 18 nitrogen and oxygen atoms in total. The lowest BCUT2D eigenvalue weighted by molar-refractivity contribution is -0.310. The minimum atomic E-state index is -2.41. The van der Waals surface area contributed by atoms with E-state index in [2.05, 4.69) is 16.0 Å². The summed E-state index contributed by atoms with van der Waals surface area (Å²) < 4.78 is 32.7. The molecule has 1 aliphatic rings. The minimum absolute atomic E-state index is 0.0349. The van der Waals surface area contributed by atoms with Crippen molar-refractivity contribution >= 4 is 35.3 Å². The normalized spacial score (nSPS) is 20.9. The lowest BCUT2D eigenvalue weighted by Gasteiger charge is -2.46. The Kier molecular flexibility index (Phi) is 23.3. The van der Waals surface area contributed by atoms with Crippen molar-refractivity contribution < 1.29 is 68.0 Å². The fourth-order valence-corrected chi connectivity index (χ4v) is 5.45. The van der Waals surface area contributed by atoms with Crippen molar-refractivity contribution in [3.8, 4) is 0 Å². The molecule has 0 radical (unpaired) electrons. The monoisotopic (exact) mass is 792 g/mol. The molecule has 0 aromatic heterocycles. The van der Waals surface area contributed by atoms with Gasteiger partial charge in [0.05, 0.1) is 84.1 Å². The molecule has 1 heterocycles. The van der Waals surface area contributed by atoms with E-state index in [9.17, 15) is 39.6 Å². The maximum atomic E-state index is 12.4. The van der Waals surface area contributed by atoms with E-state index in [1.54, 1.807) is 24.3 Å². The van der Waals surface area contributed by atoms with Crippen molar-refractivity contribution in [1.82, 2.24) is 16.0 Å². The van der Waals surface area contributed by atoms with Gasteiger partial charge in [0.1, 0.15) is 12.2 Å². The van der Waals surface area contributed by atoms with Crippen molar-refractivity contribution in [3.63, 3.8) is 0 Å². The fraction of sp³-hybridized carbons (Fsp3) is 0.714. The van der Waals surface area contributed by atoms with Gasteiger partial charge in [0.25, 0.3) is 5.79 Å². The number of carbonyl (C=O) groups excluding carboxylic acids is 3. The number of hydrogen-bond acceptors (Lipinski definition) is 14. The quantitative estimate of drug-likeness (QED) is 0.0447. The predicted molar refractivity (Wildman–Crippen MR) is 193 cm³/mol. The first-order valence-electron chi connectivity index (χ1n) is 18.0. The molecule has 0 aliphatic carbocycles. The van der Waals surface area contributed by atoms with Gasteiger partial charge in [-0.15, -0.1) is 0 Å². The van der Waals surface area contributed by atoms with E-state index in [0.29, 0.717) is 89.2 Å². The molecule has 1 aromatic carbocycles. The molecule has 0 bridgehead atoms.